The Labute approximate surface area is 146 Å². The van der Waals surface area contributed by atoms with Crippen LogP contribution in [0.4, 0.5) is 11.4 Å². The van der Waals surface area contributed by atoms with Crippen LogP contribution in [0.2, 0.25) is 0 Å². The third-order valence-corrected chi connectivity index (χ3v) is 5.07. The first kappa shape index (κ1) is 16.8. The normalized spacial score (nSPS) is 15.5. The average Bonchev–Trinajstić information content (AvgIpc) is 2.79. The summed E-state index contributed by atoms with van der Waals surface area (Å²) in [6.45, 7) is 15.0. The van der Waals surface area contributed by atoms with E-state index in [-0.39, 0.29) is 6.29 Å². The number of hydrogen-bond acceptors (Lipinski definition) is 3. The van der Waals surface area contributed by atoms with E-state index in [0.717, 1.165) is 13.1 Å². The molecule has 3 rings (SSSR count). The summed E-state index contributed by atoms with van der Waals surface area (Å²) < 4.78 is 0. The van der Waals surface area contributed by atoms with Crippen molar-refractivity contribution in [1.29, 1.82) is 0 Å². The molecule has 2 N–H and O–H groups in total. The van der Waals surface area contributed by atoms with Gasteiger partial charge in [0.15, 0.2) is 6.29 Å². The largest absolute Gasteiger partial charge is 0.337 e. The van der Waals surface area contributed by atoms with Crippen molar-refractivity contribution in [1.82, 2.24) is 0 Å². The van der Waals surface area contributed by atoms with Gasteiger partial charge in [-0.2, -0.15) is 0 Å². The summed E-state index contributed by atoms with van der Waals surface area (Å²) >= 11 is 0. The van der Waals surface area contributed by atoms with Crippen LogP contribution in [0.3, 0.4) is 0 Å². The summed E-state index contributed by atoms with van der Waals surface area (Å²) in [5.74, 6) is 0. The van der Waals surface area contributed by atoms with E-state index in [1.165, 1.54) is 44.8 Å². The number of hydrogen-bond donors (Lipinski definition) is 1. The van der Waals surface area contributed by atoms with Crippen molar-refractivity contribution in [2.45, 2.75) is 47.8 Å². The highest BCUT2D eigenvalue weighted by Crippen LogP contribution is 2.34. The van der Waals surface area contributed by atoms with E-state index in [9.17, 15) is 0 Å². The van der Waals surface area contributed by atoms with Crippen molar-refractivity contribution in [2.24, 2.45) is 5.73 Å². The highest BCUT2D eigenvalue weighted by atomic mass is 15.5. The Kier molecular flexibility index (Phi) is 4.31. The number of nitrogens with zero attached hydrogens (tertiary/aromatic N) is 2. The van der Waals surface area contributed by atoms with Gasteiger partial charge in [0, 0.05) is 24.5 Å². The molecule has 1 saturated heterocycles. The van der Waals surface area contributed by atoms with Crippen LogP contribution in [0, 0.1) is 41.5 Å². The Bertz CT molecular complexity index is 667. The van der Waals surface area contributed by atoms with Crippen molar-refractivity contribution in [3.63, 3.8) is 0 Å². The molecule has 0 amide bonds. The highest BCUT2D eigenvalue weighted by molar-refractivity contribution is 5.67. The van der Waals surface area contributed by atoms with E-state index in [1.807, 2.05) is 0 Å². The maximum absolute atomic E-state index is 6.69. The fraction of sp³-hybridized carbons (Fsp3) is 0.429. The van der Waals surface area contributed by atoms with Gasteiger partial charge in [-0.15, -0.1) is 0 Å². The number of benzene rings is 2. The summed E-state index contributed by atoms with van der Waals surface area (Å²) in [7, 11) is 0. The van der Waals surface area contributed by atoms with Crippen LogP contribution >= 0.6 is 0 Å². The van der Waals surface area contributed by atoms with Gasteiger partial charge >= 0.3 is 0 Å². The molecule has 0 atom stereocenters. The van der Waals surface area contributed by atoms with Crippen molar-refractivity contribution >= 4 is 11.4 Å². The summed E-state index contributed by atoms with van der Waals surface area (Å²) in [6, 6.07) is 9.00. The monoisotopic (exact) mass is 323 g/mol. The predicted molar refractivity (Wildman–Crippen MR) is 104 cm³/mol. The summed E-state index contributed by atoms with van der Waals surface area (Å²) in [5.41, 5.74) is 17.1. The van der Waals surface area contributed by atoms with E-state index in [1.54, 1.807) is 0 Å². The summed E-state index contributed by atoms with van der Waals surface area (Å²) in [4.78, 5) is 4.70. The van der Waals surface area contributed by atoms with Crippen molar-refractivity contribution in [3.8, 4) is 0 Å². The molecular weight excluding hydrogens is 294 g/mol. The van der Waals surface area contributed by atoms with Gasteiger partial charge < -0.3 is 9.80 Å². The highest BCUT2D eigenvalue weighted by Gasteiger charge is 2.32. The average molecular weight is 323 g/mol. The van der Waals surface area contributed by atoms with Crippen LogP contribution in [0.15, 0.2) is 24.3 Å². The van der Waals surface area contributed by atoms with Gasteiger partial charge in [0.05, 0.1) is 0 Å². The molecule has 128 valence electrons. The van der Waals surface area contributed by atoms with E-state index in [4.69, 9.17) is 5.73 Å². The van der Waals surface area contributed by atoms with Crippen LogP contribution in [0.5, 0.6) is 0 Å². The third-order valence-electron chi connectivity index (χ3n) is 5.07. The molecule has 24 heavy (non-hydrogen) atoms. The quantitative estimate of drug-likeness (QED) is 0.903. The standard InChI is InChI=1S/C21H29N3/c1-13-9-15(3)19(16(4)10-13)23-7-8-24(21(23)22)20-17(5)11-14(2)12-18(20)6/h9-12,21H,7-8,22H2,1-6H3. The van der Waals surface area contributed by atoms with Gasteiger partial charge in [-0.3, -0.25) is 5.73 Å². The molecule has 0 radical (unpaired) electrons. The molecule has 1 heterocycles. The smallest absolute Gasteiger partial charge is 0.155 e. The zero-order chi connectivity index (χ0) is 17.6. The molecule has 3 heteroatoms. The Morgan fingerprint density at radius 2 is 0.958 bits per heavy atom. The third kappa shape index (κ3) is 2.78. The topological polar surface area (TPSA) is 32.5 Å². The Morgan fingerprint density at radius 1 is 0.667 bits per heavy atom. The van der Waals surface area contributed by atoms with Crippen molar-refractivity contribution in [3.05, 3.63) is 57.6 Å². The van der Waals surface area contributed by atoms with Crippen LogP contribution in [-0.2, 0) is 0 Å². The van der Waals surface area contributed by atoms with Crippen LogP contribution in [-0.4, -0.2) is 19.4 Å². The fourth-order valence-corrected chi connectivity index (χ4v) is 4.39. The molecular formula is C21H29N3. The van der Waals surface area contributed by atoms with Gasteiger partial charge in [-0.05, 0) is 63.8 Å². The van der Waals surface area contributed by atoms with Crippen molar-refractivity contribution < 1.29 is 0 Å². The minimum Gasteiger partial charge on any atom is -0.337 e. The lowest BCUT2D eigenvalue weighted by Gasteiger charge is -2.33. The zero-order valence-corrected chi connectivity index (χ0v) is 15.8. The zero-order valence-electron chi connectivity index (χ0n) is 15.8. The second-order valence-electron chi connectivity index (χ2n) is 7.30. The maximum atomic E-state index is 6.69. The first-order valence-corrected chi connectivity index (χ1v) is 8.74. The molecule has 0 aromatic heterocycles. The van der Waals surface area contributed by atoms with Gasteiger partial charge in [0.25, 0.3) is 0 Å². The van der Waals surface area contributed by atoms with Crippen molar-refractivity contribution in [2.75, 3.05) is 22.9 Å². The minimum absolute atomic E-state index is 0.120. The van der Waals surface area contributed by atoms with E-state index >= 15 is 0 Å². The first-order valence-electron chi connectivity index (χ1n) is 8.74. The maximum Gasteiger partial charge on any atom is 0.155 e. The Morgan fingerprint density at radius 3 is 1.25 bits per heavy atom. The van der Waals surface area contributed by atoms with Gasteiger partial charge in [0.2, 0.25) is 0 Å². The van der Waals surface area contributed by atoms with E-state index < -0.39 is 0 Å². The summed E-state index contributed by atoms with van der Waals surface area (Å²) in [5, 5.41) is 0. The lowest BCUT2D eigenvalue weighted by molar-refractivity contribution is 0.694. The molecule has 1 aliphatic rings. The molecule has 1 fully saturated rings. The Hall–Kier alpha value is -2.00. The lowest BCUT2D eigenvalue weighted by Crippen LogP contribution is -2.47. The van der Waals surface area contributed by atoms with E-state index in [0.29, 0.717) is 0 Å². The van der Waals surface area contributed by atoms with Crippen LogP contribution < -0.4 is 15.5 Å². The number of aryl methyl sites for hydroxylation is 6. The van der Waals surface area contributed by atoms with Gasteiger partial charge in [-0.25, -0.2) is 0 Å². The van der Waals surface area contributed by atoms with E-state index in [2.05, 4.69) is 75.6 Å². The SMILES string of the molecule is Cc1cc(C)c(N2CCN(c3c(C)cc(C)cc3C)C2N)c(C)c1. The molecule has 0 saturated carbocycles. The molecule has 0 aliphatic carbocycles. The van der Waals surface area contributed by atoms with Gasteiger partial charge in [0.1, 0.15) is 0 Å². The summed E-state index contributed by atoms with van der Waals surface area (Å²) in [6.07, 6.45) is -0.120. The molecule has 0 spiro atoms. The van der Waals surface area contributed by atoms with Gasteiger partial charge in [-0.1, -0.05) is 35.4 Å². The molecule has 1 aliphatic heterocycles. The molecule has 0 unspecified atom stereocenters. The second-order valence-corrected chi connectivity index (χ2v) is 7.30. The second kappa shape index (κ2) is 6.14. The predicted octanol–water partition coefficient (Wildman–Crippen LogP) is 4.11. The molecule has 3 nitrogen and oxygen atoms in total. The molecule has 2 aromatic rings. The van der Waals surface area contributed by atoms with Crippen LogP contribution in [0.25, 0.3) is 0 Å². The number of rotatable bonds is 2. The molecule has 2 aromatic carbocycles. The number of anilines is 2. The minimum atomic E-state index is -0.120. The number of nitrogens with two attached hydrogens (primary N) is 1. The fourth-order valence-electron chi connectivity index (χ4n) is 4.39. The first-order chi connectivity index (χ1) is 11.3. The Balaban J connectivity index is 1.99. The van der Waals surface area contributed by atoms with Crippen LogP contribution in [0.1, 0.15) is 33.4 Å². The molecule has 0 bridgehead atoms. The lowest BCUT2D eigenvalue weighted by atomic mass is 10.0.